The summed E-state index contributed by atoms with van der Waals surface area (Å²) in [6.07, 6.45) is -2.54. The monoisotopic (exact) mass is 696 g/mol. The molecule has 1 fully saturated rings. The van der Waals surface area contributed by atoms with Crippen LogP contribution in [0.15, 0.2) is 6.33 Å². The summed E-state index contributed by atoms with van der Waals surface area (Å²) in [4.78, 5) is 36.0. The number of hydrogen-bond acceptors (Lipinski definition) is 15. The second-order valence-electron chi connectivity index (χ2n) is 11.4. The molecule has 3 heterocycles. The quantitative estimate of drug-likeness (QED) is 0.0857. The number of imidazole rings is 1. The van der Waals surface area contributed by atoms with Crippen molar-refractivity contribution in [1.29, 1.82) is 0 Å². The summed E-state index contributed by atoms with van der Waals surface area (Å²) >= 11 is 7.69. The van der Waals surface area contributed by atoms with Crippen molar-refractivity contribution in [3.8, 4) is 5.88 Å². The molecular weight excluding hydrogens is 655 g/mol. The molecular formula is C26H42ClN6O10PS. The molecule has 0 bridgehead atoms. The van der Waals surface area contributed by atoms with Gasteiger partial charge in [0, 0.05) is 5.75 Å². The predicted octanol–water partition coefficient (Wildman–Crippen LogP) is 2.41. The second-order valence-corrected chi connectivity index (χ2v) is 15.1. The molecule has 19 heteroatoms. The van der Waals surface area contributed by atoms with Crippen LogP contribution >= 0.6 is 31.1 Å². The largest absolute Gasteiger partial charge is 0.476 e. The lowest BCUT2D eigenvalue weighted by Gasteiger charge is -2.26. The smallest absolute Gasteiger partial charge is 0.406 e. The van der Waals surface area contributed by atoms with Gasteiger partial charge in [0.2, 0.25) is 11.8 Å². The van der Waals surface area contributed by atoms with Crippen molar-refractivity contribution in [2.45, 2.75) is 83.9 Å². The van der Waals surface area contributed by atoms with Gasteiger partial charge in [0.1, 0.15) is 23.1 Å². The molecule has 5 N–H and O–H groups in total. The highest BCUT2D eigenvalue weighted by Gasteiger charge is 2.54. The van der Waals surface area contributed by atoms with E-state index in [0.717, 1.165) is 11.8 Å². The first-order valence-corrected chi connectivity index (χ1v) is 17.2. The van der Waals surface area contributed by atoms with E-state index < -0.39 is 61.2 Å². The summed E-state index contributed by atoms with van der Waals surface area (Å²) in [5.74, 6) is -0.523. The highest BCUT2D eigenvalue weighted by molar-refractivity contribution is 8.13. The van der Waals surface area contributed by atoms with Crippen LogP contribution in [0.3, 0.4) is 0 Å². The number of thioether (sulfide) groups is 1. The van der Waals surface area contributed by atoms with Crippen LogP contribution in [0.2, 0.25) is 0 Å². The maximum absolute atomic E-state index is 13.8. The number of esters is 1. The zero-order valence-electron chi connectivity index (χ0n) is 26.3. The van der Waals surface area contributed by atoms with E-state index in [1.165, 1.54) is 17.8 Å². The van der Waals surface area contributed by atoms with Gasteiger partial charge in [0.05, 0.1) is 44.3 Å². The highest BCUT2D eigenvalue weighted by atomic mass is 35.5. The molecule has 1 saturated heterocycles. The number of rotatable bonds is 16. The summed E-state index contributed by atoms with van der Waals surface area (Å²) in [5.41, 5.74) is 5.46. The zero-order valence-corrected chi connectivity index (χ0v) is 28.7. The first kappa shape index (κ1) is 37.4. The molecule has 0 spiro atoms. The fourth-order valence-electron chi connectivity index (χ4n) is 4.13. The Labute approximate surface area is 270 Å². The number of carbonyl (C=O) groups excluding carboxylic acids is 2. The van der Waals surface area contributed by atoms with Crippen LogP contribution in [0.25, 0.3) is 11.2 Å². The number of aliphatic hydroxyl groups excluding tert-OH is 2. The number of alkyl halides is 1. The summed E-state index contributed by atoms with van der Waals surface area (Å²) in [7, 11) is -4.27. The van der Waals surface area contributed by atoms with Crippen LogP contribution in [-0.2, 0) is 32.7 Å². The zero-order chi connectivity index (χ0) is 33.7. The standard InChI is InChI=1S/C26H42ClN6O10PS/c1-8-39-20-17-19(30-24(28)31-20)33(13-29-17)22-26(7,27)18(35)16(43-22)11-41-44(38,32-15(4)21(36)42-14(2)3)40-9-10-45-23(37)25(5,6)12-34/h13-16,18,22,34-35H,8-12H2,1-7H3,(H,32,38)(H2,28,30,31)/t15-,16+,18+,22+,26+,44+/m0/s1. The molecule has 0 aromatic carbocycles. The third-order valence-electron chi connectivity index (χ3n) is 6.65. The van der Waals surface area contributed by atoms with Crippen LogP contribution < -0.4 is 15.6 Å². The van der Waals surface area contributed by atoms with Gasteiger partial charge < -0.3 is 30.2 Å². The van der Waals surface area contributed by atoms with E-state index in [4.69, 9.17) is 40.6 Å². The number of halogens is 1. The van der Waals surface area contributed by atoms with Crippen molar-refractivity contribution in [2.24, 2.45) is 5.41 Å². The predicted molar refractivity (Wildman–Crippen MR) is 167 cm³/mol. The third-order valence-corrected chi connectivity index (χ3v) is 9.96. The number of nitrogens with zero attached hydrogens (tertiary/aromatic N) is 4. The molecule has 0 aliphatic carbocycles. The Balaban J connectivity index is 1.78. The topological polar surface area (TPSA) is 219 Å². The molecule has 2 aromatic heterocycles. The van der Waals surface area contributed by atoms with Gasteiger partial charge in [-0.3, -0.25) is 23.2 Å². The maximum Gasteiger partial charge on any atom is 0.406 e. The van der Waals surface area contributed by atoms with E-state index in [1.807, 2.05) is 0 Å². The number of ether oxygens (including phenoxy) is 3. The van der Waals surface area contributed by atoms with Gasteiger partial charge in [-0.25, -0.2) is 14.6 Å². The van der Waals surface area contributed by atoms with Crippen LogP contribution in [0.1, 0.15) is 54.7 Å². The molecule has 0 amide bonds. The minimum absolute atomic E-state index is 0.0727. The number of hydrogen-bond donors (Lipinski definition) is 4. The molecule has 0 radical (unpaired) electrons. The average molecular weight is 697 g/mol. The second kappa shape index (κ2) is 15.2. The van der Waals surface area contributed by atoms with Crippen LogP contribution in [0.4, 0.5) is 5.95 Å². The number of aliphatic hydroxyl groups is 2. The number of nitrogens with two attached hydrogens (primary N) is 1. The Morgan fingerprint density at radius 1 is 1.31 bits per heavy atom. The molecule has 0 saturated carbocycles. The first-order chi connectivity index (χ1) is 21.0. The lowest BCUT2D eigenvalue weighted by atomic mass is 9.97. The number of fused-ring (bicyclic) bond motifs is 1. The normalized spacial score (nSPS) is 24.1. The minimum atomic E-state index is -4.27. The number of nitrogen functional groups attached to an aromatic ring is 1. The number of aromatic nitrogens is 4. The van der Waals surface area contributed by atoms with E-state index in [1.54, 1.807) is 41.5 Å². The van der Waals surface area contributed by atoms with Crippen molar-refractivity contribution in [3.05, 3.63) is 6.33 Å². The van der Waals surface area contributed by atoms with E-state index in [9.17, 15) is 24.4 Å². The lowest BCUT2D eigenvalue weighted by molar-refractivity contribution is -0.149. The highest BCUT2D eigenvalue weighted by Crippen LogP contribution is 2.48. The molecule has 45 heavy (non-hydrogen) atoms. The van der Waals surface area contributed by atoms with Crippen LogP contribution in [0.5, 0.6) is 5.88 Å². The third kappa shape index (κ3) is 9.05. The average Bonchev–Trinajstić information content (AvgIpc) is 3.47. The number of anilines is 1. The van der Waals surface area contributed by atoms with Crippen molar-refractivity contribution in [1.82, 2.24) is 24.6 Å². The molecule has 254 valence electrons. The van der Waals surface area contributed by atoms with Gasteiger partial charge >= 0.3 is 13.7 Å². The van der Waals surface area contributed by atoms with E-state index >= 15 is 0 Å². The Morgan fingerprint density at radius 2 is 2.00 bits per heavy atom. The Kier molecular flexibility index (Phi) is 12.6. The van der Waals surface area contributed by atoms with E-state index in [2.05, 4.69) is 20.0 Å². The van der Waals surface area contributed by atoms with E-state index in [0.29, 0.717) is 12.1 Å². The minimum Gasteiger partial charge on any atom is -0.476 e. The molecule has 1 aliphatic rings. The van der Waals surface area contributed by atoms with Gasteiger partial charge in [-0.2, -0.15) is 9.97 Å². The maximum atomic E-state index is 13.8. The van der Waals surface area contributed by atoms with Gasteiger partial charge in [-0.1, -0.05) is 11.8 Å². The number of carbonyl (C=O) groups is 2. The van der Waals surface area contributed by atoms with Crippen molar-refractivity contribution >= 4 is 59.3 Å². The molecule has 6 atom stereocenters. The van der Waals surface area contributed by atoms with Crippen molar-refractivity contribution in [2.75, 3.05) is 37.9 Å². The SMILES string of the molecule is CCOc1nc(N)nc2c1ncn2[C@@H]1O[C@H](CO[P@@](=O)(N[C@@H](C)C(=O)OC(C)C)OCCSC(=O)C(C)(C)CO)[C@@H](O)[C@@]1(C)Cl. The van der Waals surface area contributed by atoms with Crippen LogP contribution in [-0.4, -0.2) is 102 Å². The molecule has 2 aromatic rings. The fourth-order valence-corrected chi connectivity index (χ4v) is 6.83. The van der Waals surface area contributed by atoms with Gasteiger partial charge in [0.25, 0.3) is 0 Å². The van der Waals surface area contributed by atoms with Crippen molar-refractivity contribution < 1.29 is 47.6 Å². The molecule has 16 nitrogen and oxygen atoms in total. The lowest BCUT2D eigenvalue weighted by Crippen LogP contribution is -2.40. The summed E-state index contributed by atoms with van der Waals surface area (Å²) < 4.78 is 43.3. The van der Waals surface area contributed by atoms with Crippen LogP contribution in [0, 0.1) is 5.41 Å². The fraction of sp³-hybridized carbons (Fsp3) is 0.731. The van der Waals surface area contributed by atoms with Gasteiger partial charge in [0.15, 0.2) is 22.5 Å². The number of nitrogens with one attached hydrogen (secondary N) is 1. The van der Waals surface area contributed by atoms with E-state index in [-0.39, 0.29) is 41.6 Å². The Hall–Kier alpha value is -2.08. The summed E-state index contributed by atoms with van der Waals surface area (Å²) in [5, 5.41) is 22.8. The molecule has 1 aliphatic heterocycles. The Morgan fingerprint density at radius 3 is 2.62 bits per heavy atom. The summed E-state index contributed by atoms with van der Waals surface area (Å²) in [6.45, 7) is 10.5. The first-order valence-electron chi connectivity index (χ1n) is 14.3. The molecule has 3 rings (SSSR count). The molecule has 0 unspecified atom stereocenters. The Bertz CT molecular complexity index is 1400. The van der Waals surface area contributed by atoms with Crippen molar-refractivity contribution in [3.63, 3.8) is 0 Å². The summed E-state index contributed by atoms with van der Waals surface area (Å²) in [6, 6.07) is -1.11. The van der Waals surface area contributed by atoms with Gasteiger partial charge in [-0.15, -0.1) is 11.6 Å². The van der Waals surface area contributed by atoms with Gasteiger partial charge in [-0.05, 0) is 48.5 Å².